The first-order chi connectivity index (χ1) is 15.9. The van der Waals surface area contributed by atoms with Crippen LogP contribution in [0.4, 0.5) is 0 Å². The van der Waals surface area contributed by atoms with Crippen molar-refractivity contribution in [2.75, 3.05) is 27.4 Å². The van der Waals surface area contributed by atoms with Crippen molar-refractivity contribution in [1.82, 2.24) is 4.57 Å². The lowest BCUT2D eigenvalue weighted by Gasteiger charge is -2.19. The number of nitrogens with zero attached hydrogens (tertiary/aromatic N) is 1. The maximum Gasteiger partial charge on any atom is 0.339 e. The summed E-state index contributed by atoms with van der Waals surface area (Å²) in [4.78, 5) is 38.2. The third kappa shape index (κ3) is 4.55. The van der Waals surface area contributed by atoms with E-state index in [-0.39, 0.29) is 16.7 Å². The van der Waals surface area contributed by atoms with Crippen LogP contribution in [0.3, 0.4) is 0 Å². The Hall–Kier alpha value is -3.81. The summed E-state index contributed by atoms with van der Waals surface area (Å²) in [5.74, 6) is -0.441. The van der Waals surface area contributed by atoms with Gasteiger partial charge in [0.2, 0.25) is 0 Å². The van der Waals surface area contributed by atoms with Gasteiger partial charge in [-0.15, -0.1) is 0 Å². The standard InChI is InChI=1S/C25H27NO7/c1-6-26-10-9-15(13-21(26)27)22-17-14-20(33-8-3)19(32-7-2)12-16(17)11-18(24(28)30-4)23(22)25(29)31-5/h9-14H,6-8H2,1-5H3. The molecule has 0 fully saturated rings. The number of hydrogen-bond acceptors (Lipinski definition) is 7. The summed E-state index contributed by atoms with van der Waals surface area (Å²) in [6.45, 7) is 6.88. The molecular weight excluding hydrogens is 426 g/mol. The molecule has 0 N–H and O–H groups in total. The molecule has 0 amide bonds. The molecule has 0 atom stereocenters. The van der Waals surface area contributed by atoms with Gasteiger partial charge in [0, 0.05) is 24.4 Å². The number of methoxy groups -OCH3 is 2. The van der Waals surface area contributed by atoms with Gasteiger partial charge in [-0.05, 0) is 61.4 Å². The number of aromatic nitrogens is 1. The number of ether oxygens (including phenoxy) is 4. The van der Waals surface area contributed by atoms with Gasteiger partial charge in [-0.3, -0.25) is 4.79 Å². The van der Waals surface area contributed by atoms with Gasteiger partial charge in [0.1, 0.15) is 0 Å². The first-order valence-electron chi connectivity index (χ1n) is 10.7. The van der Waals surface area contributed by atoms with E-state index in [9.17, 15) is 14.4 Å². The van der Waals surface area contributed by atoms with E-state index in [1.165, 1.54) is 24.9 Å². The van der Waals surface area contributed by atoms with Crippen molar-refractivity contribution < 1.29 is 28.5 Å². The molecular formula is C25H27NO7. The number of esters is 2. The van der Waals surface area contributed by atoms with E-state index in [4.69, 9.17) is 18.9 Å². The number of pyridine rings is 1. The van der Waals surface area contributed by atoms with Crippen molar-refractivity contribution in [3.63, 3.8) is 0 Å². The Balaban J connectivity index is 2.53. The minimum absolute atomic E-state index is 0.0112. The Morgan fingerprint density at radius 2 is 1.52 bits per heavy atom. The molecule has 0 radical (unpaired) electrons. The van der Waals surface area contributed by atoms with Crippen molar-refractivity contribution in [1.29, 1.82) is 0 Å². The molecule has 33 heavy (non-hydrogen) atoms. The van der Waals surface area contributed by atoms with E-state index < -0.39 is 11.9 Å². The fourth-order valence-electron chi connectivity index (χ4n) is 3.75. The SMILES string of the molecule is CCOc1cc2cc(C(=O)OC)c(C(=O)OC)c(-c3ccn(CC)c(=O)c3)c2cc1OCC. The molecule has 0 aliphatic heterocycles. The monoisotopic (exact) mass is 453 g/mol. The molecule has 1 heterocycles. The minimum atomic E-state index is -0.723. The van der Waals surface area contributed by atoms with Crippen molar-refractivity contribution in [3.05, 3.63) is 58.0 Å². The van der Waals surface area contributed by atoms with Gasteiger partial charge in [-0.1, -0.05) is 0 Å². The highest BCUT2D eigenvalue weighted by atomic mass is 16.5. The highest BCUT2D eigenvalue weighted by Crippen LogP contribution is 2.41. The predicted molar refractivity (Wildman–Crippen MR) is 124 cm³/mol. The lowest BCUT2D eigenvalue weighted by Crippen LogP contribution is -2.18. The predicted octanol–water partition coefficient (Wildman–Crippen LogP) is 4.06. The molecule has 174 valence electrons. The normalized spacial score (nSPS) is 10.7. The number of rotatable bonds is 8. The molecule has 0 saturated carbocycles. The first kappa shape index (κ1) is 23.8. The van der Waals surface area contributed by atoms with Crippen LogP contribution in [0.25, 0.3) is 21.9 Å². The molecule has 0 bridgehead atoms. The summed E-state index contributed by atoms with van der Waals surface area (Å²) in [5, 5.41) is 1.22. The van der Waals surface area contributed by atoms with Crippen molar-refractivity contribution in [2.24, 2.45) is 0 Å². The first-order valence-corrected chi connectivity index (χ1v) is 10.7. The number of hydrogen-bond donors (Lipinski definition) is 0. The number of fused-ring (bicyclic) bond motifs is 1. The summed E-state index contributed by atoms with van der Waals surface area (Å²) >= 11 is 0. The third-order valence-electron chi connectivity index (χ3n) is 5.22. The summed E-state index contributed by atoms with van der Waals surface area (Å²) in [7, 11) is 2.47. The van der Waals surface area contributed by atoms with Crippen molar-refractivity contribution in [2.45, 2.75) is 27.3 Å². The molecule has 0 unspecified atom stereocenters. The van der Waals surface area contributed by atoms with Crippen LogP contribution >= 0.6 is 0 Å². The average Bonchev–Trinajstić information content (AvgIpc) is 2.82. The van der Waals surface area contributed by atoms with E-state index in [0.29, 0.717) is 53.2 Å². The smallest absolute Gasteiger partial charge is 0.339 e. The van der Waals surface area contributed by atoms with E-state index in [1.54, 1.807) is 30.5 Å². The lowest BCUT2D eigenvalue weighted by atomic mass is 9.89. The highest BCUT2D eigenvalue weighted by molar-refractivity contribution is 6.15. The van der Waals surface area contributed by atoms with E-state index in [2.05, 4.69) is 0 Å². The third-order valence-corrected chi connectivity index (χ3v) is 5.22. The van der Waals surface area contributed by atoms with Crippen molar-refractivity contribution in [3.8, 4) is 22.6 Å². The Morgan fingerprint density at radius 1 is 0.879 bits per heavy atom. The van der Waals surface area contributed by atoms with Gasteiger partial charge in [-0.25, -0.2) is 9.59 Å². The lowest BCUT2D eigenvalue weighted by molar-refractivity contribution is 0.0556. The molecule has 3 aromatic rings. The molecule has 2 aromatic carbocycles. The zero-order valence-corrected chi connectivity index (χ0v) is 19.4. The van der Waals surface area contributed by atoms with Crippen LogP contribution in [0.15, 0.2) is 41.3 Å². The topological polar surface area (TPSA) is 93.1 Å². The van der Waals surface area contributed by atoms with Gasteiger partial charge in [0.05, 0.1) is 38.6 Å². The molecule has 0 aliphatic rings. The van der Waals surface area contributed by atoms with Crippen LogP contribution in [-0.2, 0) is 16.0 Å². The highest BCUT2D eigenvalue weighted by Gasteiger charge is 2.27. The summed E-state index contributed by atoms with van der Waals surface area (Å²) in [6, 6.07) is 8.21. The van der Waals surface area contributed by atoms with Crippen LogP contribution in [0, 0.1) is 0 Å². The average molecular weight is 453 g/mol. The molecule has 1 aromatic heterocycles. The molecule has 0 spiro atoms. The number of carbonyl (C=O) groups is 2. The Labute approximate surface area is 191 Å². The summed E-state index contributed by atoms with van der Waals surface area (Å²) in [6.07, 6.45) is 1.65. The maximum absolute atomic E-state index is 12.9. The summed E-state index contributed by atoms with van der Waals surface area (Å²) < 4.78 is 23.0. The second kappa shape index (κ2) is 10.2. The summed E-state index contributed by atoms with van der Waals surface area (Å²) in [5.41, 5.74) is 0.644. The molecule has 0 saturated heterocycles. The van der Waals surface area contributed by atoms with Crippen LogP contribution in [0.2, 0.25) is 0 Å². The van der Waals surface area contributed by atoms with E-state index in [0.717, 1.165) is 0 Å². The van der Waals surface area contributed by atoms with Gasteiger partial charge >= 0.3 is 11.9 Å². The van der Waals surface area contributed by atoms with Gasteiger partial charge in [0.25, 0.3) is 5.56 Å². The van der Waals surface area contributed by atoms with Gasteiger partial charge in [-0.2, -0.15) is 0 Å². The second-order valence-electron chi connectivity index (χ2n) is 7.08. The van der Waals surface area contributed by atoms with Gasteiger partial charge < -0.3 is 23.5 Å². The second-order valence-corrected chi connectivity index (χ2v) is 7.08. The molecule has 8 heteroatoms. The Morgan fingerprint density at radius 3 is 2.06 bits per heavy atom. The maximum atomic E-state index is 12.9. The molecule has 8 nitrogen and oxygen atoms in total. The number of carbonyl (C=O) groups excluding carboxylic acids is 2. The van der Waals surface area contributed by atoms with Crippen LogP contribution in [-0.4, -0.2) is 43.9 Å². The zero-order chi connectivity index (χ0) is 24.1. The fraction of sp³-hybridized carbons (Fsp3) is 0.320. The van der Waals surface area contributed by atoms with Crippen LogP contribution in [0.1, 0.15) is 41.5 Å². The fourth-order valence-corrected chi connectivity index (χ4v) is 3.75. The van der Waals surface area contributed by atoms with Crippen molar-refractivity contribution >= 4 is 22.7 Å². The van der Waals surface area contributed by atoms with Crippen LogP contribution in [0.5, 0.6) is 11.5 Å². The Kier molecular flexibility index (Phi) is 7.37. The Bertz CT molecular complexity index is 1260. The number of benzene rings is 2. The zero-order valence-electron chi connectivity index (χ0n) is 19.4. The molecule has 0 aliphatic carbocycles. The minimum Gasteiger partial charge on any atom is -0.490 e. The van der Waals surface area contributed by atoms with Gasteiger partial charge in [0.15, 0.2) is 11.5 Å². The van der Waals surface area contributed by atoms with Crippen LogP contribution < -0.4 is 15.0 Å². The quantitative estimate of drug-likeness (QED) is 0.475. The largest absolute Gasteiger partial charge is 0.490 e. The van der Waals surface area contributed by atoms with E-state index >= 15 is 0 Å². The number of aryl methyl sites for hydroxylation is 1. The van der Waals surface area contributed by atoms with E-state index in [1.807, 2.05) is 20.8 Å². The molecule has 3 rings (SSSR count).